The zero-order valence-corrected chi connectivity index (χ0v) is 10.4. The van der Waals surface area contributed by atoms with Crippen molar-refractivity contribution in [1.82, 2.24) is 5.32 Å². The fourth-order valence-electron chi connectivity index (χ4n) is 1.05. The van der Waals surface area contributed by atoms with Crippen LogP contribution < -0.4 is 5.32 Å². The summed E-state index contributed by atoms with van der Waals surface area (Å²) in [5, 5.41) is 11.3. The number of carboxylic acids is 1. The summed E-state index contributed by atoms with van der Waals surface area (Å²) in [6.45, 7) is 3.17. The van der Waals surface area contributed by atoms with Gasteiger partial charge in [0.1, 0.15) is 0 Å². The van der Waals surface area contributed by atoms with Gasteiger partial charge in [-0.2, -0.15) is 0 Å². The molecule has 0 bridgehead atoms. The highest BCUT2D eigenvalue weighted by Crippen LogP contribution is 2.14. The monoisotopic (exact) mass is 289 g/mol. The highest BCUT2D eigenvalue weighted by atomic mass is 79.9. The lowest BCUT2D eigenvalue weighted by atomic mass is 10.0. The van der Waals surface area contributed by atoms with Gasteiger partial charge >= 0.3 is 5.97 Å². The Labute approximate surface area is 101 Å². The van der Waals surface area contributed by atoms with E-state index in [0.717, 1.165) is 0 Å². The van der Waals surface area contributed by atoms with E-state index in [2.05, 4.69) is 21.2 Å². The minimum absolute atomic E-state index is 0.149. The first-order valence-corrected chi connectivity index (χ1v) is 5.50. The molecule has 0 radical (unpaired) electrons. The van der Waals surface area contributed by atoms with Gasteiger partial charge in [0, 0.05) is 6.04 Å². The van der Waals surface area contributed by atoms with E-state index in [-0.39, 0.29) is 5.76 Å². The summed E-state index contributed by atoms with van der Waals surface area (Å²) in [4.78, 5) is 22.3. The molecule has 0 aliphatic rings. The first kappa shape index (κ1) is 12.8. The van der Waals surface area contributed by atoms with Crippen LogP contribution in [0.4, 0.5) is 0 Å². The van der Waals surface area contributed by atoms with Gasteiger partial charge in [0.15, 0.2) is 10.4 Å². The summed E-state index contributed by atoms with van der Waals surface area (Å²) in [6, 6.07) is 2.64. The minimum Gasteiger partial charge on any atom is -0.481 e. The molecule has 0 spiro atoms. The average molecular weight is 290 g/mol. The van der Waals surface area contributed by atoms with E-state index in [1.165, 1.54) is 13.0 Å². The van der Waals surface area contributed by atoms with Crippen LogP contribution in [0.15, 0.2) is 21.2 Å². The standard InChI is InChI=1S/C10H12BrNO4/c1-5(10(14)15)6(2)12-9(13)7-3-4-8(11)16-7/h3-6H,1-2H3,(H,12,13)(H,14,15). The summed E-state index contributed by atoms with van der Waals surface area (Å²) >= 11 is 3.08. The lowest BCUT2D eigenvalue weighted by Gasteiger charge is -2.16. The molecule has 1 amide bonds. The molecule has 0 aliphatic carbocycles. The van der Waals surface area contributed by atoms with Crippen LogP contribution >= 0.6 is 15.9 Å². The van der Waals surface area contributed by atoms with E-state index in [0.29, 0.717) is 4.67 Å². The average Bonchev–Trinajstić information content (AvgIpc) is 2.63. The second-order valence-electron chi connectivity index (χ2n) is 3.49. The normalized spacial score (nSPS) is 14.2. The second kappa shape index (κ2) is 5.16. The Morgan fingerprint density at radius 3 is 2.50 bits per heavy atom. The Hall–Kier alpha value is -1.30. The summed E-state index contributed by atoms with van der Waals surface area (Å²) in [5.41, 5.74) is 0. The number of carbonyl (C=O) groups excluding carboxylic acids is 1. The number of nitrogens with one attached hydrogen (secondary N) is 1. The van der Waals surface area contributed by atoms with Crippen molar-refractivity contribution in [2.75, 3.05) is 0 Å². The van der Waals surface area contributed by atoms with Crippen molar-refractivity contribution in [2.45, 2.75) is 19.9 Å². The molecule has 2 atom stereocenters. The first-order valence-electron chi connectivity index (χ1n) is 4.71. The summed E-state index contributed by atoms with van der Waals surface area (Å²) < 4.78 is 5.50. The van der Waals surface area contributed by atoms with Crippen LogP contribution in [0.25, 0.3) is 0 Å². The number of hydrogen-bond acceptors (Lipinski definition) is 3. The van der Waals surface area contributed by atoms with Gasteiger partial charge in [0.05, 0.1) is 5.92 Å². The molecule has 1 aromatic rings. The maximum Gasteiger partial charge on any atom is 0.308 e. The topological polar surface area (TPSA) is 79.5 Å². The number of amides is 1. The largest absolute Gasteiger partial charge is 0.481 e. The number of carbonyl (C=O) groups is 2. The molecule has 5 nitrogen and oxygen atoms in total. The van der Waals surface area contributed by atoms with Crippen LogP contribution in [0.5, 0.6) is 0 Å². The van der Waals surface area contributed by atoms with Gasteiger partial charge in [-0.05, 0) is 41.9 Å². The molecule has 1 rings (SSSR count). The molecule has 0 saturated heterocycles. The highest BCUT2D eigenvalue weighted by Gasteiger charge is 2.22. The Kier molecular flexibility index (Phi) is 4.12. The molecule has 0 aliphatic heterocycles. The minimum atomic E-state index is -0.951. The molecule has 2 N–H and O–H groups in total. The van der Waals surface area contributed by atoms with Crippen LogP contribution in [0.1, 0.15) is 24.4 Å². The fourth-order valence-corrected chi connectivity index (χ4v) is 1.36. The SMILES string of the molecule is CC(NC(=O)c1ccc(Br)o1)C(C)C(=O)O. The third-order valence-corrected chi connectivity index (χ3v) is 2.72. The quantitative estimate of drug-likeness (QED) is 0.887. The summed E-state index contributed by atoms with van der Waals surface area (Å²) in [6.07, 6.45) is 0. The Bertz CT molecular complexity index is 401. The van der Waals surface area contributed by atoms with Crippen LogP contribution in [0.2, 0.25) is 0 Å². The van der Waals surface area contributed by atoms with Crippen molar-refractivity contribution >= 4 is 27.8 Å². The van der Waals surface area contributed by atoms with Crippen molar-refractivity contribution in [1.29, 1.82) is 0 Å². The zero-order valence-electron chi connectivity index (χ0n) is 8.86. The molecule has 1 heterocycles. The third-order valence-electron chi connectivity index (χ3n) is 2.30. The van der Waals surface area contributed by atoms with Crippen LogP contribution in [-0.4, -0.2) is 23.0 Å². The van der Waals surface area contributed by atoms with E-state index < -0.39 is 23.8 Å². The maximum absolute atomic E-state index is 11.6. The summed E-state index contributed by atoms with van der Waals surface area (Å²) in [7, 11) is 0. The molecule has 0 aromatic carbocycles. The van der Waals surface area contributed by atoms with Crippen molar-refractivity contribution in [2.24, 2.45) is 5.92 Å². The van der Waals surface area contributed by atoms with Crippen LogP contribution in [-0.2, 0) is 4.79 Å². The molecule has 1 aromatic heterocycles. The van der Waals surface area contributed by atoms with Crippen molar-refractivity contribution < 1.29 is 19.1 Å². The van der Waals surface area contributed by atoms with Gasteiger partial charge in [-0.1, -0.05) is 0 Å². The van der Waals surface area contributed by atoms with Crippen molar-refractivity contribution in [3.05, 3.63) is 22.6 Å². The predicted molar refractivity (Wildman–Crippen MR) is 60.1 cm³/mol. The highest BCUT2D eigenvalue weighted by molar-refractivity contribution is 9.10. The summed E-state index contributed by atoms with van der Waals surface area (Å²) in [5.74, 6) is -1.88. The molecule has 6 heteroatoms. The molecule has 2 unspecified atom stereocenters. The number of hydrogen-bond donors (Lipinski definition) is 2. The molecule has 0 saturated carbocycles. The van der Waals surface area contributed by atoms with E-state index >= 15 is 0 Å². The Morgan fingerprint density at radius 2 is 2.06 bits per heavy atom. The fraction of sp³-hybridized carbons (Fsp3) is 0.400. The number of carboxylic acid groups (broad SMARTS) is 1. The van der Waals surface area contributed by atoms with Gasteiger partial charge in [0.25, 0.3) is 5.91 Å². The number of furan rings is 1. The lowest BCUT2D eigenvalue weighted by Crippen LogP contribution is -2.39. The number of aliphatic carboxylic acids is 1. The Morgan fingerprint density at radius 1 is 1.44 bits per heavy atom. The van der Waals surface area contributed by atoms with Gasteiger partial charge in [-0.15, -0.1) is 0 Å². The van der Waals surface area contributed by atoms with E-state index in [4.69, 9.17) is 9.52 Å². The van der Waals surface area contributed by atoms with Crippen LogP contribution in [0.3, 0.4) is 0 Å². The number of rotatable bonds is 4. The lowest BCUT2D eigenvalue weighted by molar-refractivity contribution is -0.141. The third kappa shape index (κ3) is 3.10. The molecular weight excluding hydrogens is 278 g/mol. The van der Waals surface area contributed by atoms with E-state index in [1.54, 1.807) is 13.0 Å². The zero-order chi connectivity index (χ0) is 12.3. The first-order chi connectivity index (χ1) is 7.41. The van der Waals surface area contributed by atoms with Gasteiger partial charge in [-0.25, -0.2) is 0 Å². The van der Waals surface area contributed by atoms with E-state index in [9.17, 15) is 9.59 Å². The smallest absolute Gasteiger partial charge is 0.308 e. The molecule has 0 fully saturated rings. The second-order valence-corrected chi connectivity index (χ2v) is 4.27. The Balaban J connectivity index is 2.61. The predicted octanol–water partition coefficient (Wildman–Crippen LogP) is 1.88. The van der Waals surface area contributed by atoms with Crippen molar-refractivity contribution in [3.8, 4) is 0 Å². The van der Waals surface area contributed by atoms with Crippen LogP contribution in [0, 0.1) is 5.92 Å². The van der Waals surface area contributed by atoms with E-state index in [1.807, 2.05) is 0 Å². The molecular formula is C10H12BrNO4. The van der Waals surface area contributed by atoms with Gasteiger partial charge in [0.2, 0.25) is 0 Å². The van der Waals surface area contributed by atoms with Crippen molar-refractivity contribution in [3.63, 3.8) is 0 Å². The number of halogens is 1. The molecule has 16 heavy (non-hydrogen) atoms. The maximum atomic E-state index is 11.6. The molecule has 88 valence electrons. The van der Waals surface area contributed by atoms with Gasteiger partial charge < -0.3 is 14.8 Å². The van der Waals surface area contributed by atoms with Gasteiger partial charge in [-0.3, -0.25) is 9.59 Å².